The van der Waals surface area contributed by atoms with Crippen LogP contribution in [0, 0.1) is 0 Å². The molecule has 0 saturated heterocycles. The SMILES string of the molecule is [Mn+2].[O-]c1c(N=Nc2ccccn2)c2ccccc2c2ccccc12.[O-]c1c(N=Nc2ccccn2)c2ccccc2c2ccccc12. The minimum Gasteiger partial charge on any atom is -0.871 e. The fraction of sp³-hybridized carbons (Fsp3) is 0. The smallest absolute Gasteiger partial charge is 0.871 e. The van der Waals surface area contributed by atoms with E-state index in [2.05, 4.69) is 30.4 Å². The van der Waals surface area contributed by atoms with Gasteiger partial charge in [0, 0.05) is 23.2 Å². The number of pyridine rings is 2. The summed E-state index contributed by atoms with van der Waals surface area (Å²) in [6.45, 7) is 0. The zero-order valence-corrected chi connectivity index (χ0v) is 25.9. The van der Waals surface area contributed by atoms with Gasteiger partial charge in [0.25, 0.3) is 0 Å². The van der Waals surface area contributed by atoms with Crippen LogP contribution >= 0.6 is 0 Å². The maximum atomic E-state index is 12.8. The molecule has 0 unspecified atom stereocenters. The summed E-state index contributed by atoms with van der Waals surface area (Å²) in [5.41, 5.74) is 0.704. The van der Waals surface area contributed by atoms with Crippen LogP contribution in [0.15, 0.2) is 166 Å². The average Bonchev–Trinajstić information content (AvgIpc) is 3.13. The minimum atomic E-state index is -0.112. The summed E-state index contributed by atoms with van der Waals surface area (Å²) in [5.74, 6) is 0.728. The molecule has 8 aromatic rings. The average molecular weight is 652 g/mol. The third-order valence-electron chi connectivity index (χ3n) is 7.52. The molecule has 0 amide bonds. The normalized spacial score (nSPS) is 11.2. The van der Waals surface area contributed by atoms with Crippen LogP contribution < -0.4 is 10.2 Å². The number of aromatic nitrogens is 2. The first-order valence-electron chi connectivity index (χ1n) is 14.6. The van der Waals surface area contributed by atoms with Gasteiger partial charge in [-0.3, -0.25) is 0 Å². The van der Waals surface area contributed by atoms with E-state index in [1.165, 1.54) is 0 Å². The molecule has 0 saturated carbocycles. The van der Waals surface area contributed by atoms with Crippen molar-refractivity contribution in [3.8, 4) is 11.5 Å². The van der Waals surface area contributed by atoms with Crippen molar-refractivity contribution >= 4 is 66.1 Å². The molecule has 2 heterocycles. The zero-order chi connectivity index (χ0) is 31.3. The van der Waals surface area contributed by atoms with Gasteiger partial charge in [-0.1, -0.05) is 121 Å². The van der Waals surface area contributed by atoms with Crippen molar-refractivity contribution in [2.75, 3.05) is 0 Å². The summed E-state index contributed by atoms with van der Waals surface area (Å²) >= 11 is 0. The van der Waals surface area contributed by atoms with Crippen LogP contribution in [0.2, 0.25) is 0 Å². The summed E-state index contributed by atoms with van der Waals surface area (Å²) in [7, 11) is 0. The Kier molecular flexibility index (Phi) is 9.20. The number of fused-ring (bicyclic) bond motifs is 6. The van der Waals surface area contributed by atoms with E-state index >= 15 is 0 Å². The molecular formula is C38H24MnN6O2. The maximum Gasteiger partial charge on any atom is 2.00 e. The number of hydrogen-bond donors (Lipinski definition) is 0. The van der Waals surface area contributed by atoms with E-state index in [4.69, 9.17) is 0 Å². The van der Waals surface area contributed by atoms with E-state index in [1.54, 1.807) is 24.5 Å². The van der Waals surface area contributed by atoms with Gasteiger partial charge in [0.2, 0.25) is 0 Å². The molecular weight excluding hydrogens is 627 g/mol. The molecule has 2 aromatic heterocycles. The van der Waals surface area contributed by atoms with E-state index in [0.29, 0.717) is 33.8 Å². The summed E-state index contributed by atoms with van der Waals surface area (Å²) in [4.78, 5) is 8.21. The van der Waals surface area contributed by atoms with Crippen LogP contribution in [0.25, 0.3) is 43.1 Å². The molecule has 0 aliphatic heterocycles. The number of rotatable bonds is 4. The van der Waals surface area contributed by atoms with E-state index < -0.39 is 0 Å². The molecule has 0 atom stereocenters. The van der Waals surface area contributed by atoms with Gasteiger partial charge >= 0.3 is 17.1 Å². The van der Waals surface area contributed by atoms with Gasteiger partial charge in [-0.05, 0) is 56.6 Å². The minimum absolute atomic E-state index is 0. The third-order valence-corrected chi connectivity index (χ3v) is 7.52. The third kappa shape index (κ3) is 6.26. The molecule has 0 fully saturated rings. The van der Waals surface area contributed by atoms with Crippen LogP contribution in [0.5, 0.6) is 11.5 Å². The summed E-state index contributed by atoms with van der Waals surface area (Å²) in [6, 6.07) is 41.4. The largest absolute Gasteiger partial charge is 2.00 e. The summed E-state index contributed by atoms with van der Waals surface area (Å²) in [6.07, 6.45) is 3.29. The van der Waals surface area contributed by atoms with Crippen LogP contribution in [0.1, 0.15) is 0 Å². The molecule has 0 aliphatic carbocycles. The Morgan fingerprint density at radius 1 is 0.340 bits per heavy atom. The molecule has 47 heavy (non-hydrogen) atoms. The number of hydrogen-bond acceptors (Lipinski definition) is 8. The van der Waals surface area contributed by atoms with Crippen LogP contribution in [0.4, 0.5) is 23.0 Å². The zero-order valence-electron chi connectivity index (χ0n) is 24.7. The Bertz CT molecular complexity index is 2230. The van der Waals surface area contributed by atoms with Crippen molar-refractivity contribution in [2.45, 2.75) is 0 Å². The summed E-state index contributed by atoms with van der Waals surface area (Å²) < 4.78 is 0. The van der Waals surface area contributed by atoms with E-state index in [-0.39, 0.29) is 28.6 Å². The van der Waals surface area contributed by atoms with Crippen molar-refractivity contribution in [2.24, 2.45) is 20.5 Å². The second-order valence-corrected chi connectivity index (χ2v) is 10.3. The van der Waals surface area contributed by atoms with Crippen molar-refractivity contribution in [1.82, 2.24) is 9.97 Å². The van der Waals surface area contributed by atoms with Crippen LogP contribution in [-0.4, -0.2) is 9.97 Å². The Hall–Kier alpha value is -6.02. The second-order valence-electron chi connectivity index (χ2n) is 10.3. The maximum absolute atomic E-state index is 12.8. The molecule has 0 N–H and O–H groups in total. The monoisotopic (exact) mass is 651 g/mol. The molecule has 6 aromatic carbocycles. The fourth-order valence-electron chi connectivity index (χ4n) is 5.41. The first-order chi connectivity index (χ1) is 22.7. The predicted octanol–water partition coefficient (Wildman–Crippen LogP) is 9.75. The molecule has 0 spiro atoms. The standard InChI is InChI=1S/2C19H13N3O.Mn/c2*23-19-16-10-4-2-8-14(16)13-7-1-3-9-15(13)18(19)22-21-17-11-5-6-12-20-17;/h2*1-12,23H;/q;;+2/p-2. The van der Waals surface area contributed by atoms with Crippen molar-refractivity contribution in [3.05, 3.63) is 146 Å². The van der Waals surface area contributed by atoms with E-state index in [0.717, 1.165) is 32.3 Å². The van der Waals surface area contributed by atoms with Gasteiger partial charge in [0.1, 0.15) is 0 Å². The van der Waals surface area contributed by atoms with Gasteiger partial charge < -0.3 is 10.2 Å². The van der Waals surface area contributed by atoms with Crippen molar-refractivity contribution < 1.29 is 27.3 Å². The van der Waals surface area contributed by atoms with Gasteiger partial charge in [-0.15, -0.1) is 20.5 Å². The van der Waals surface area contributed by atoms with Gasteiger partial charge in [-0.2, -0.15) is 0 Å². The first kappa shape index (κ1) is 31.0. The molecule has 9 heteroatoms. The predicted molar refractivity (Wildman–Crippen MR) is 179 cm³/mol. The van der Waals surface area contributed by atoms with E-state index in [1.807, 2.05) is 121 Å². The van der Waals surface area contributed by atoms with Crippen LogP contribution in [-0.2, 0) is 17.1 Å². The van der Waals surface area contributed by atoms with Crippen molar-refractivity contribution in [1.29, 1.82) is 0 Å². The Morgan fingerprint density at radius 2 is 0.638 bits per heavy atom. The molecule has 8 nitrogen and oxygen atoms in total. The van der Waals surface area contributed by atoms with Crippen LogP contribution in [0.3, 0.4) is 0 Å². The Balaban J connectivity index is 0.000000161. The van der Waals surface area contributed by atoms with Gasteiger partial charge in [-0.25, -0.2) is 9.97 Å². The topological polar surface area (TPSA) is 121 Å². The second kappa shape index (κ2) is 14.0. The summed E-state index contributed by atoms with van der Waals surface area (Å²) in [5, 5.41) is 49.0. The molecule has 1 radical (unpaired) electrons. The quantitative estimate of drug-likeness (QED) is 0.107. The van der Waals surface area contributed by atoms with Gasteiger partial charge in [0.15, 0.2) is 11.6 Å². The van der Waals surface area contributed by atoms with Gasteiger partial charge in [0.05, 0.1) is 11.4 Å². The fourth-order valence-corrected chi connectivity index (χ4v) is 5.41. The molecule has 225 valence electrons. The number of benzene rings is 6. The Morgan fingerprint density at radius 3 is 0.979 bits per heavy atom. The first-order valence-corrected chi connectivity index (χ1v) is 14.6. The molecule has 0 bridgehead atoms. The van der Waals surface area contributed by atoms with Crippen molar-refractivity contribution in [3.63, 3.8) is 0 Å². The molecule has 8 rings (SSSR count). The van der Waals surface area contributed by atoms with E-state index in [9.17, 15) is 10.2 Å². The number of nitrogens with zero attached hydrogens (tertiary/aromatic N) is 6. The number of azo groups is 2. The Labute approximate surface area is 280 Å². The molecule has 0 aliphatic rings.